The Hall–Kier alpha value is -3.61. The van der Waals surface area contributed by atoms with E-state index in [0.717, 1.165) is 0 Å². The number of nitrogens with one attached hydrogen (secondary N) is 2. The largest absolute Gasteiger partial charge is 0.550 e. The maximum Gasteiger partial charge on any atom is 0.267 e. The Morgan fingerprint density at radius 1 is 1.04 bits per heavy atom. The molecule has 0 spiro atoms. The lowest BCUT2D eigenvalue weighted by molar-refractivity contribution is -0.305. The number of carboxylic acid groups (broad SMARTS) is 1. The first-order chi connectivity index (χ1) is 13.5. The third-order valence-corrected chi connectivity index (χ3v) is 3.80. The highest BCUT2D eigenvalue weighted by atomic mass is 16.5. The van der Waals surface area contributed by atoms with Crippen molar-refractivity contribution >= 4 is 23.9 Å². The number of benzene rings is 2. The number of ether oxygens (including phenoxy) is 1. The van der Waals surface area contributed by atoms with E-state index >= 15 is 0 Å². The van der Waals surface area contributed by atoms with Crippen LogP contribution >= 0.6 is 0 Å². The molecule has 0 aliphatic heterocycles. The third-order valence-electron chi connectivity index (χ3n) is 3.80. The van der Waals surface area contributed by atoms with E-state index in [0.29, 0.717) is 16.9 Å². The number of hydrogen-bond donors (Lipinski definition) is 2. The fourth-order valence-corrected chi connectivity index (χ4v) is 2.34. The van der Waals surface area contributed by atoms with Gasteiger partial charge in [0, 0.05) is 18.1 Å². The molecule has 0 aliphatic carbocycles. The molecular weight excluding hydrogens is 360 g/mol. The van der Waals surface area contributed by atoms with Gasteiger partial charge >= 0.3 is 0 Å². The van der Waals surface area contributed by atoms with Crippen LogP contribution in [0.4, 0.5) is 0 Å². The highest BCUT2D eigenvalue weighted by Crippen LogP contribution is 2.14. The van der Waals surface area contributed by atoms with Gasteiger partial charge in [0.15, 0.2) is 0 Å². The fraction of sp³-hybridized carbons (Fsp3) is 0.190. The van der Waals surface area contributed by atoms with Crippen molar-refractivity contribution in [3.05, 3.63) is 71.4 Å². The van der Waals surface area contributed by atoms with E-state index in [9.17, 15) is 19.5 Å². The molecule has 2 aromatic rings. The van der Waals surface area contributed by atoms with Gasteiger partial charge in [-0.05, 0) is 48.7 Å². The minimum atomic E-state index is -1.18. The van der Waals surface area contributed by atoms with Gasteiger partial charge in [0.25, 0.3) is 11.8 Å². The summed E-state index contributed by atoms with van der Waals surface area (Å²) in [5.74, 6) is -1.46. The van der Waals surface area contributed by atoms with Gasteiger partial charge in [-0.3, -0.25) is 9.59 Å². The van der Waals surface area contributed by atoms with Crippen molar-refractivity contribution in [2.24, 2.45) is 0 Å². The molecule has 0 aliphatic rings. The van der Waals surface area contributed by atoms with Crippen molar-refractivity contribution in [1.82, 2.24) is 10.6 Å². The maximum atomic E-state index is 12.5. The van der Waals surface area contributed by atoms with Crippen LogP contribution in [0, 0.1) is 0 Å². The van der Waals surface area contributed by atoms with Crippen LogP contribution < -0.4 is 20.5 Å². The predicted octanol–water partition coefficient (Wildman–Crippen LogP) is 1.11. The Morgan fingerprint density at radius 2 is 1.71 bits per heavy atom. The number of rotatable bonds is 9. The van der Waals surface area contributed by atoms with Crippen LogP contribution in [0.1, 0.15) is 28.8 Å². The second-order valence-corrected chi connectivity index (χ2v) is 5.88. The van der Waals surface area contributed by atoms with Crippen LogP contribution in [-0.4, -0.2) is 31.4 Å². The lowest BCUT2D eigenvalue weighted by atomic mass is 10.1. The van der Waals surface area contributed by atoms with Gasteiger partial charge < -0.3 is 25.3 Å². The van der Waals surface area contributed by atoms with E-state index in [1.54, 1.807) is 61.7 Å². The molecule has 0 heterocycles. The molecule has 2 rings (SSSR count). The topological polar surface area (TPSA) is 108 Å². The molecule has 0 saturated heterocycles. The van der Waals surface area contributed by atoms with Crippen LogP contribution in [0.2, 0.25) is 0 Å². The average molecular weight is 381 g/mol. The Balaban J connectivity index is 2.16. The zero-order chi connectivity index (χ0) is 20.4. The highest BCUT2D eigenvalue weighted by molar-refractivity contribution is 6.05. The van der Waals surface area contributed by atoms with E-state index in [-0.39, 0.29) is 25.1 Å². The van der Waals surface area contributed by atoms with E-state index < -0.39 is 17.8 Å². The summed E-state index contributed by atoms with van der Waals surface area (Å²) in [7, 11) is 1.55. The lowest BCUT2D eigenvalue weighted by Gasteiger charge is -2.11. The summed E-state index contributed by atoms with van der Waals surface area (Å²) in [5.41, 5.74) is 1.15. The molecule has 2 amide bonds. The highest BCUT2D eigenvalue weighted by Gasteiger charge is 2.14. The maximum absolute atomic E-state index is 12.5. The van der Waals surface area contributed by atoms with Crippen molar-refractivity contribution in [3.8, 4) is 5.75 Å². The summed E-state index contributed by atoms with van der Waals surface area (Å²) in [6.07, 6.45) is 1.61. The van der Waals surface area contributed by atoms with Crippen molar-refractivity contribution in [2.75, 3.05) is 13.7 Å². The molecule has 28 heavy (non-hydrogen) atoms. The van der Waals surface area contributed by atoms with Crippen LogP contribution in [0.5, 0.6) is 5.75 Å². The average Bonchev–Trinajstić information content (AvgIpc) is 2.71. The Kier molecular flexibility index (Phi) is 7.77. The van der Waals surface area contributed by atoms with Gasteiger partial charge in [-0.25, -0.2) is 0 Å². The van der Waals surface area contributed by atoms with Crippen LogP contribution in [0.3, 0.4) is 0 Å². The number of carbonyl (C=O) groups excluding carboxylic acids is 3. The quantitative estimate of drug-likeness (QED) is 0.500. The predicted molar refractivity (Wildman–Crippen MR) is 102 cm³/mol. The Labute approximate surface area is 163 Å². The van der Waals surface area contributed by atoms with Crippen LogP contribution in [-0.2, 0) is 9.59 Å². The summed E-state index contributed by atoms with van der Waals surface area (Å²) in [5, 5.41) is 15.7. The summed E-state index contributed by atoms with van der Waals surface area (Å²) in [6.45, 7) is 0.147. The zero-order valence-corrected chi connectivity index (χ0v) is 15.4. The number of carboxylic acids is 1. The number of aliphatic carboxylic acids is 1. The number of amides is 2. The Bertz CT molecular complexity index is 845. The van der Waals surface area contributed by atoms with Gasteiger partial charge in [-0.2, -0.15) is 0 Å². The molecule has 2 aromatic carbocycles. The SMILES string of the molecule is COc1ccc(/C=C(\NC(=O)c2ccccc2)C(=O)NCCCC(=O)[O-])cc1. The summed E-state index contributed by atoms with van der Waals surface area (Å²) in [6, 6.07) is 15.5. The molecule has 0 saturated carbocycles. The van der Waals surface area contributed by atoms with Gasteiger partial charge in [0.05, 0.1) is 7.11 Å². The van der Waals surface area contributed by atoms with Gasteiger partial charge in [-0.1, -0.05) is 30.3 Å². The second kappa shape index (κ2) is 10.5. The molecule has 0 radical (unpaired) electrons. The molecule has 146 valence electrons. The van der Waals surface area contributed by atoms with Crippen LogP contribution in [0.15, 0.2) is 60.3 Å². The first-order valence-electron chi connectivity index (χ1n) is 8.70. The molecule has 7 heteroatoms. The number of carbonyl (C=O) groups is 3. The first kappa shape index (κ1) is 20.7. The molecule has 7 nitrogen and oxygen atoms in total. The third kappa shape index (κ3) is 6.60. The number of hydrogen-bond acceptors (Lipinski definition) is 5. The van der Waals surface area contributed by atoms with E-state index in [1.165, 1.54) is 6.08 Å². The molecule has 0 aromatic heterocycles. The monoisotopic (exact) mass is 381 g/mol. The van der Waals surface area contributed by atoms with E-state index in [1.807, 2.05) is 0 Å². The minimum absolute atomic E-state index is 0.0486. The van der Waals surface area contributed by atoms with Gasteiger partial charge in [0.1, 0.15) is 11.4 Å². The molecule has 2 N–H and O–H groups in total. The van der Waals surface area contributed by atoms with Crippen molar-refractivity contribution < 1.29 is 24.2 Å². The van der Waals surface area contributed by atoms with Crippen molar-refractivity contribution in [2.45, 2.75) is 12.8 Å². The zero-order valence-electron chi connectivity index (χ0n) is 15.4. The van der Waals surface area contributed by atoms with Crippen molar-refractivity contribution in [1.29, 1.82) is 0 Å². The smallest absolute Gasteiger partial charge is 0.267 e. The first-order valence-corrected chi connectivity index (χ1v) is 8.70. The molecule has 0 atom stereocenters. The molecule has 0 fully saturated rings. The normalized spacial score (nSPS) is 10.8. The van der Waals surface area contributed by atoms with Gasteiger partial charge in [-0.15, -0.1) is 0 Å². The Morgan fingerprint density at radius 3 is 2.32 bits per heavy atom. The second-order valence-electron chi connectivity index (χ2n) is 5.88. The van der Waals surface area contributed by atoms with E-state index in [2.05, 4.69) is 10.6 Å². The molecule has 0 unspecified atom stereocenters. The number of methoxy groups -OCH3 is 1. The van der Waals surface area contributed by atoms with Crippen molar-refractivity contribution in [3.63, 3.8) is 0 Å². The van der Waals surface area contributed by atoms with Gasteiger partial charge in [0.2, 0.25) is 0 Å². The standard InChI is InChI=1S/C21H22N2O5/c1-28-17-11-9-15(10-12-17)14-18(21(27)22-13-5-8-19(24)25)23-20(26)16-6-3-2-4-7-16/h2-4,6-7,9-12,14H,5,8,13H2,1H3,(H,22,27)(H,23,26)(H,24,25)/p-1/b18-14-. The van der Waals surface area contributed by atoms with E-state index in [4.69, 9.17) is 4.74 Å². The van der Waals surface area contributed by atoms with Crippen LogP contribution in [0.25, 0.3) is 6.08 Å². The molecular formula is C21H21N2O5-. The lowest BCUT2D eigenvalue weighted by Crippen LogP contribution is -2.35. The molecule has 0 bridgehead atoms. The summed E-state index contributed by atoms with van der Waals surface area (Å²) >= 11 is 0. The minimum Gasteiger partial charge on any atom is -0.550 e. The fourth-order valence-electron chi connectivity index (χ4n) is 2.34. The summed E-state index contributed by atoms with van der Waals surface area (Å²) < 4.78 is 5.11. The summed E-state index contributed by atoms with van der Waals surface area (Å²) in [4.78, 5) is 35.4.